The monoisotopic (exact) mass is 276 g/mol. The Hall–Kier alpha value is -2.03. The maximum Gasteiger partial charge on any atom is 0.321 e. The normalized spacial score (nSPS) is 10.8. The van der Waals surface area contributed by atoms with Crippen LogP contribution < -0.4 is 5.32 Å². The quantitative estimate of drug-likeness (QED) is 0.706. The lowest BCUT2D eigenvalue weighted by atomic mass is 9.92. The first-order valence-electron chi connectivity index (χ1n) is 6.24. The topological polar surface area (TPSA) is 72.8 Å². The fraction of sp³-hybridized carbons (Fsp3) is 0.400. The second-order valence-corrected chi connectivity index (χ2v) is 5.14. The van der Waals surface area contributed by atoms with Crippen LogP contribution in [0, 0.1) is 17.8 Å². The second-order valence-electron chi connectivity index (χ2n) is 5.14. The van der Waals surface area contributed by atoms with E-state index in [0.717, 1.165) is 0 Å². The Morgan fingerprint density at radius 1 is 1.45 bits per heavy atom. The highest BCUT2D eigenvalue weighted by Crippen LogP contribution is 2.16. The van der Waals surface area contributed by atoms with Crippen LogP contribution in [0.25, 0.3) is 0 Å². The Morgan fingerprint density at radius 2 is 2.10 bits per heavy atom. The first-order valence-corrected chi connectivity index (χ1v) is 6.24. The molecule has 108 valence electrons. The van der Waals surface area contributed by atoms with Crippen molar-refractivity contribution < 1.29 is 15.0 Å². The van der Waals surface area contributed by atoms with Gasteiger partial charge in [-0.15, -0.1) is 6.42 Å². The summed E-state index contributed by atoms with van der Waals surface area (Å²) in [6.45, 7) is 1.54. The third-order valence-electron chi connectivity index (χ3n) is 3.01. The van der Waals surface area contributed by atoms with Crippen LogP contribution in [0.5, 0.6) is 0 Å². The van der Waals surface area contributed by atoms with E-state index in [0.29, 0.717) is 11.3 Å². The molecule has 5 nitrogen and oxygen atoms in total. The summed E-state index contributed by atoms with van der Waals surface area (Å²) < 4.78 is 0. The predicted molar refractivity (Wildman–Crippen MR) is 78.3 cm³/mol. The fourth-order valence-corrected chi connectivity index (χ4v) is 1.70. The maximum atomic E-state index is 12.0. The van der Waals surface area contributed by atoms with Crippen molar-refractivity contribution >= 4 is 11.7 Å². The number of carbonyl (C=O) groups excluding carboxylic acids is 1. The number of carbonyl (C=O) groups is 1. The molecule has 0 atom stereocenters. The molecule has 2 amide bonds. The zero-order valence-electron chi connectivity index (χ0n) is 11.8. The maximum absolute atomic E-state index is 12.0. The lowest BCUT2D eigenvalue weighted by molar-refractivity contribution is 0.0509. The average Bonchev–Trinajstić information content (AvgIpc) is 2.47. The number of aliphatic hydroxyl groups excluding tert-OH is 2. The van der Waals surface area contributed by atoms with Gasteiger partial charge in [0, 0.05) is 30.3 Å². The van der Waals surface area contributed by atoms with Crippen LogP contribution in [-0.2, 0) is 0 Å². The van der Waals surface area contributed by atoms with E-state index < -0.39 is 5.41 Å². The third-order valence-corrected chi connectivity index (χ3v) is 3.01. The number of anilines is 1. The second kappa shape index (κ2) is 6.94. The van der Waals surface area contributed by atoms with E-state index in [1.807, 2.05) is 0 Å². The molecule has 5 heteroatoms. The van der Waals surface area contributed by atoms with E-state index in [9.17, 15) is 15.0 Å². The standard InChI is InChI=1S/C15H20N2O3/c1-4-12-6-5-7-13(8-12)16-14(20)17(3)9-15(2,10-18)11-19/h1,5-8,18-19H,9-11H2,2-3H3,(H,16,20). The van der Waals surface area contributed by atoms with Gasteiger partial charge < -0.3 is 20.4 Å². The Balaban J connectivity index is 2.68. The number of urea groups is 1. The van der Waals surface area contributed by atoms with Gasteiger partial charge in [0.05, 0.1) is 13.2 Å². The average molecular weight is 276 g/mol. The van der Waals surface area contributed by atoms with Crippen LogP contribution in [0.4, 0.5) is 10.5 Å². The Kier molecular flexibility index (Phi) is 5.56. The minimum Gasteiger partial charge on any atom is -0.396 e. The summed E-state index contributed by atoms with van der Waals surface area (Å²) in [5, 5.41) is 21.2. The largest absolute Gasteiger partial charge is 0.396 e. The molecule has 0 bridgehead atoms. The molecule has 0 aliphatic heterocycles. The molecule has 1 aromatic carbocycles. The lowest BCUT2D eigenvalue weighted by Gasteiger charge is -2.30. The van der Waals surface area contributed by atoms with Crippen molar-refractivity contribution in [2.24, 2.45) is 5.41 Å². The van der Waals surface area contributed by atoms with Gasteiger partial charge in [-0.25, -0.2) is 4.79 Å². The molecule has 0 saturated heterocycles. The van der Waals surface area contributed by atoms with E-state index in [1.165, 1.54) is 4.90 Å². The van der Waals surface area contributed by atoms with E-state index in [4.69, 9.17) is 6.42 Å². The first kappa shape index (κ1) is 16.0. The zero-order valence-corrected chi connectivity index (χ0v) is 11.8. The van der Waals surface area contributed by atoms with Crippen molar-refractivity contribution in [2.45, 2.75) is 6.92 Å². The van der Waals surface area contributed by atoms with Crippen molar-refractivity contribution in [1.82, 2.24) is 4.90 Å². The molecule has 20 heavy (non-hydrogen) atoms. The van der Waals surface area contributed by atoms with Crippen molar-refractivity contribution in [3.8, 4) is 12.3 Å². The van der Waals surface area contributed by atoms with Crippen molar-refractivity contribution in [3.05, 3.63) is 29.8 Å². The van der Waals surface area contributed by atoms with Gasteiger partial charge in [-0.1, -0.05) is 18.9 Å². The van der Waals surface area contributed by atoms with Gasteiger partial charge in [0.2, 0.25) is 0 Å². The van der Waals surface area contributed by atoms with Crippen LogP contribution in [0.3, 0.4) is 0 Å². The summed E-state index contributed by atoms with van der Waals surface area (Å²) in [7, 11) is 1.60. The first-order chi connectivity index (χ1) is 9.44. The molecule has 0 radical (unpaired) electrons. The zero-order chi connectivity index (χ0) is 15.2. The number of terminal acetylenes is 1. The Labute approximate surface area is 119 Å². The molecule has 0 unspecified atom stereocenters. The fourth-order valence-electron chi connectivity index (χ4n) is 1.70. The number of aliphatic hydroxyl groups is 2. The van der Waals surface area contributed by atoms with Gasteiger partial charge in [-0.05, 0) is 18.2 Å². The predicted octanol–water partition coefficient (Wildman–Crippen LogP) is 1.12. The molecular formula is C15H20N2O3. The highest BCUT2D eigenvalue weighted by Gasteiger charge is 2.26. The molecule has 0 aliphatic rings. The van der Waals surface area contributed by atoms with Crippen LogP contribution in [0.2, 0.25) is 0 Å². The summed E-state index contributed by atoms with van der Waals surface area (Å²) in [5.41, 5.74) is 0.556. The molecule has 0 heterocycles. The van der Waals surface area contributed by atoms with Crippen molar-refractivity contribution in [1.29, 1.82) is 0 Å². The van der Waals surface area contributed by atoms with Gasteiger partial charge >= 0.3 is 6.03 Å². The number of hydrogen-bond donors (Lipinski definition) is 3. The van der Waals surface area contributed by atoms with E-state index >= 15 is 0 Å². The molecule has 0 fully saturated rings. The van der Waals surface area contributed by atoms with Crippen LogP contribution >= 0.6 is 0 Å². The molecule has 1 rings (SSSR count). The Bertz CT molecular complexity index is 504. The van der Waals surface area contributed by atoms with Crippen molar-refractivity contribution in [3.63, 3.8) is 0 Å². The third kappa shape index (κ3) is 4.26. The minimum atomic E-state index is -0.729. The molecule has 0 saturated carbocycles. The lowest BCUT2D eigenvalue weighted by Crippen LogP contribution is -2.43. The smallest absolute Gasteiger partial charge is 0.321 e. The number of hydrogen-bond acceptors (Lipinski definition) is 3. The van der Waals surface area contributed by atoms with E-state index in [2.05, 4.69) is 11.2 Å². The number of amides is 2. The molecule has 3 N–H and O–H groups in total. The number of nitrogens with one attached hydrogen (secondary N) is 1. The summed E-state index contributed by atoms with van der Waals surface area (Å²) in [5.74, 6) is 2.50. The number of rotatable bonds is 5. The van der Waals surface area contributed by atoms with Gasteiger partial charge in [-0.2, -0.15) is 0 Å². The summed E-state index contributed by atoms with van der Waals surface area (Å²) in [6.07, 6.45) is 5.30. The minimum absolute atomic E-state index is 0.201. The Morgan fingerprint density at radius 3 is 2.65 bits per heavy atom. The molecular weight excluding hydrogens is 256 g/mol. The van der Waals surface area contributed by atoms with Crippen LogP contribution in [0.1, 0.15) is 12.5 Å². The summed E-state index contributed by atoms with van der Waals surface area (Å²) in [6, 6.07) is 6.64. The number of nitrogens with zero attached hydrogens (tertiary/aromatic N) is 1. The summed E-state index contributed by atoms with van der Waals surface area (Å²) >= 11 is 0. The van der Waals surface area contributed by atoms with Gasteiger partial charge in [-0.3, -0.25) is 0 Å². The highest BCUT2D eigenvalue weighted by atomic mass is 16.3. The van der Waals surface area contributed by atoms with Gasteiger partial charge in [0.15, 0.2) is 0 Å². The van der Waals surface area contributed by atoms with Crippen molar-refractivity contribution in [2.75, 3.05) is 32.1 Å². The molecule has 0 spiro atoms. The molecule has 0 aliphatic carbocycles. The molecule has 0 aromatic heterocycles. The van der Waals surface area contributed by atoms with Crippen LogP contribution in [0.15, 0.2) is 24.3 Å². The SMILES string of the molecule is C#Cc1cccc(NC(=O)N(C)CC(C)(CO)CO)c1. The van der Waals surface area contributed by atoms with Gasteiger partial charge in [0.25, 0.3) is 0 Å². The highest BCUT2D eigenvalue weighted by molar-refractivity contribution is 5.89. The van der Waals surface area contributed by atoms with E-state index in [-0.39, 0.29) is 25.8 Å². The van der Waals surface area contributed by atoms with E-state index in [1.54, 1.807) is 38.2 Å². The number of benzene rings is 1. The summed E-state index contributed by atoms with van der Waals surface area (Å²) in [4.78, 5) is 13.4. The molecule has 1 aromatic rings. The van der Waals surface area contributed by atoms with Crippen LogP contribution in [-0.4, -0.2) is 48.0 Å². The van der Waals surface area contributed by atoms with Gasteiger partial charge in [0.1, 0.15) is 0 Å².